The lowest BCUT2D eigenvalue weighted by atomic mass is 9.80. The fraction of sp³-hybridized carbons (Fsp3) is 0.294. The Balaban J connectivity index is 1.90. The molecule has 0 spiro atoms. The van der Waals surface area contributed by atoms with Crippen LogP contribution in [-0.2, 0) is 9.59 Å². The standard InChI is InChI=1S/C17H14N2O4/c20-13-6-4-11-16(13)15(17-12(18-11)5-7-14(17)21)9-2-1-3-10(8-9)19(22)23/h1-3,8,15,18H,4-7H2. The van der Waals surface area contributed by atoms with E-state index in [0.29, 0.717) is 42.4 Å². The summed E-state index contributed by atoms with van der Waals surface area (Å²) >= 11 is 0. The van der Waals surface area contributed by atoms with E-state index >= 15 is 0 Å². The van der Waals surface area contributed by atoms with E-state index in [1.54, 1.807) is 12.1 Å². The van der Waals surface area contributed by atoms with Crippen molar-refractivity contribution in [1.82, 2.24) is 5.32 Å². The van der Waals surface area contributed by atoms with Crippen LogP contribution >= 0.6 is 0 Å². The number of ketones is 2. The molecule has 1 aliphatic heterocycles. The quantitative estimate of drug-likeness (QED) is 0.669. The molecule has 1 heterocycles. The Kier molecular flexibility index (Phi) is 2.94. The summed E-state index contributed by atoms with van der Waals surface area (Å²) in [5.41, 5.74) is 3.59. The Labute approximate surface area is 132 Å². The molecule has 1 aromatic rings. The van der Waals surface area contributed by atoms with E-state index in [-0.39, 0.29) is 17.3 Å². The molecule has 116 valence electrons. The summed E-state index contributed by atoms with van der Waals surface area (Å²) < 4.78 is 0. The van der Waals surface area contributed by atoms with Crippen LogP contribution in [0.2, 0.25) is 0 Å². The molecule has 4 rings (SSSR count). The number of hydrogen-bond acceptors (Lipinski definition) is 5. The number of non-ortho nitro benzene ring substituents is 1. The molecule has 23 heavy (non-hydrogen) atoms. The van der Waals surface area contributed by atoms with E-state index in [4.69, 9.17) is 0 Å². The van der Waals surface area contributed by atoms with Crippen LogP contribution < -0.4 is 5.32 Å². The van der Waals surface area contributed by atoms with Gasteiger partial charge in [-0.05, 0) is 18.4 Å². The molecule has 0 bridgehead atoms. The van der Waals surface area contributed by atoms with E-state index in [9.17, 15) is 19.7 Å². The zero-order valence-electron chi connectivity index (χ0n) is 12.3. The van der Waals surface area contributed by atoms with Gasteiger partial charge in [0.05, 0.1) is 4.92 Å². The molecule has 0 unspecified atom stereocenters. The number of rotatable bonds is 2. The van der Waals surface area contributed by atoms with Crippen LogP contribution in [-0.4, -0.2) is 16.5 Å². The third-order valence-electron chi connectivity index (χ3n) is 4.75. The lowest BCUT2D eigenvalue weighted by Crippen LogP contribution is -2.26. The predicted molar refractivity (Wildman–Crippen MR) is 81.5 cm³/mol. The zero-order valence-corrected chi connectivity index (χ0v) is 12.3. The number of dihydropyridines is 1. The molecule has 3 aliphatic rings. The topological polar surface area (TPSA) is 89.3 Å². The maximum absolute atomic E-state index is 12.3. The number of nitrogens with zero attached hydrogens (tertiary/aromatic N) is 1. The summed E-state index contributed by atoms with van der Waals surface area (Å²) in [6.45, 7) is 0. The number of allylic oxidation sites excluding steroid dienone is 4. The number of nitrogens with one attached hydrogen (secondary N) is 1. The average molecular weight is 310 g/mol. The van der Waals surface area contributed by atoms with Gasteiger partial charge in [-0.2, -0.15) is 0 Å². The lowest BCUT2D eigenvalue weighted by Gasteiger charge is -2.27. The van der Waals surface area contributed by atoms with E-state index in [1.807, 2.05) is 0 Å². The van der Waals surface area contributed by atoms with E-state index in [0.717, 1.165) is 11.4 Å². The summed E-state index contributed by atoms with van der Waals surface area (Å²) in [5, 5.41) is 14.3. The molecule has 1 N–H and O–H groups in total. The first-order chi connectivity index (χ1) is 11.1. The highest BCUT2D eigenvalue weighted by Crippen LogP contribution is 2.46. The summed E-state index contributed by atoms with van der Waals surface area (Å²) in [5.74, 6) is -0.420. The van der Waals surface area contributed by atoms with Crippen LogP contribution in [0.5, 0.6) is 0 Å². The molecule has 0 amide bonds. The van der Waals surface area contributed by atoms with Crippen molar-refractivity contribution in [1.29, 1.82) is 0 Å². The van der Waals surface area contributed by atoms with Gasteiger partial charge in [0.25, 0.3) is 5.69 Å². The second kappa shape index (κ2) is 4.87. The second-order valence-electron chi connectivity index (χ2n) is 6.04. The van der Waals surface area contributed by atoms with Crippen LogP contribution in [0.3, 0.4) is 0 Å². The van der Waals surface area contributed by atoms with Crippen molar-refractivity contribution >= 4 is 17.3 Å². The van der Waals surface area contributed by atoms with Gasteiger partial charge >= 0.3 is 0 Å². The van der Waals surface area contributed by atoms with E-state index in [1.165, 1.54) is 12.1 Å². The number of nitro groups is 1. The lowest BCUT2D eigenvalue weighted by molar-refractivity contribution is -0.384. The van der Waals surface area contributed by atoms with Crippen LogP contribution in [0.25, 0.3) is 0 Å². The van der Waals surface area contributed by atoms with Crippen molar-refractivity contribution in [2.75, 3.05) is 0 Å². The van der Waals surface area contributed by atoms with E-state index < -0.39 is 10.8 Å². The number of carbonyl (C=O) groups excluding carboxylic acids is 2. The van der Waals surface area contributed by atoms with Gasteiger partial charge in [-0.1, -0.05) is 12.1 Å². The fourth-order valence-corrected chi connectivity index (χ4v) is 3.76. The van der Waals surface area contributed by atoms with Gasteiger partial charge in [-0.25, -0.2) is 0 Å². The number of Topliss-reactive ketones (excluding diaryl/α,β-unsaturated/α-hetero) is 2. The van der Waals surface area contributed by atoms with Crippen molar-refractivity contribution in [3.63, 3.8) is 0 Å². The SMILES string of the molecule is O=C1CCC2=C1C(c1cccc([N+](=O)[O-])c1)C1=C(CCC1=O)N2. The van der Waals surface area contributed by atoms with Crippen LogP contribution in [0.1, 0.15) is 37.2 Å². The molecule has 1 aromatic carbocycles. The van der Waals surface area contributed by atoms with Crippen LogP contribution in [0, 0.1) is 10.1 Å². The molecule has 0 fully saturated rings. The first kappa shape index (κ1) is 13.9. The third-order valence-corrected chi connectivity index (χ3v) is 4.75. The van der Waals surface area contributed by atoms with Gasteiger partial charge in [-0.15, -0.1) is 0 Å². The highest BCUT2D eigenvalue weighted by molar-refractivity contribution is 6.08. The van der Waals surface area contributed by atoms with Crippen molar-refractivity contribution in [2.45, 2.75) is 31.6 Å². The predicted octanol–water partition coefficient (Wildman–Crippen LogP) is 2.52. The number of carbonyl (C=O) groups is 2. The van der Waals surface area contributed by atoms with Crippen LogP contribution in [0.15, 0.2) is 46.8 Å². The monoisotopic (exact) mass is 310 g/mol. The van der Waals surface area contributed by atoms with Crippen molar-refractivity contribution in [3.8, 4) is 0 Å². The fourth-order valence-electron chi connectivity index (χ4n) is 3.76. The first-order valence-electron chi connectivity index (χ1n) is 7.60. The molecular formula is C17H14N2O4. The highest BCUT2D eigenvalue weighted by Gasteiger charge is 2.42. The minimum atomic E-state index is -0.467. The molecule has 2 aliphatic carbocycles. The smallest absolute Gasteiger partial charge is 0.269 e. The molecule has 0 saturated heterocycles. The van der Waals surface area contributed by atoms with Gasteiger partial charge in [0.2, 0.25) is 0 Å². The minimum absolute atomic E-state index is 0.0234. The van der Waals surface area contributed by atoms with Gasteiger partial charge in [0, 0.05) is 53.4 Å². The second-order valence-corrected chi connectivity index (χ2v) is 6.04. The summed E-state index contributed by atoms with van der Waals surface area (Å²) in [7, 11) is 0. The first-order valence-corrected chi connectivity index (χ1v) is 7.60. The van der Waals surface area contributed by atoms with Gasteiger partial charge < -0.3 is 5.32 Å². The number of benzene rings is 1. The molecule has 0 saturated carbocycles. The van der Waals surface area contributed by atoms with Crippen molar-refractivity contribution < 1.29 is 14.5 Å². The number of nitro benzene ring substituents is 1. The van der Waals surface area contributed by atoms with Gasteiger partial charge in [0.15, 0.2) is 11.6 Å². The van der Waals surface area contributed by atoms with Gasteiger partial charge in [0.1, 0.15) is 0 Å². The summed E-state index contributed by atoms with van der Waals surface area (Å²) in [6, 6.07) is 6.26. The molecular weight excluding hydrogens is 296 g/mol. The largest absolute Gasteiger partial charge is 0.362 e. The zero-order chi connectivity index (χ0) is 16.1. The summed E-state index contributed by atoms with van der Waals surface area (Å²) in [4.78, 5) is 35.3. The van der Waals surface area contributed by atoms with Crippen molar-refractivity contribution in [3.05, 3.63) is 62.5 Å². The van der Waals surface area contributed by atoms with Crippen LogP contribution in [0.4, 0.5) is 5.69 Å². The average Bonchev–Trinajstić information content (AvgIpc) is 3.10. The Morgan fingerprint density at radius 2 is 1.61 bits per heavy atom. The molecule has 6 nitrogen and oxygen atoms in total. The van der Waals surface area contributed by atoms with Crippen molar-refractivity contribution in [2.24, 2.45) is 0 Å². The minimum Gasteiger partial charge on any atom is -0.362 e. The molecule has 0 radical (unpaired) electrons. The molecule has 0 atom stereocenters. The highest BCUT2D eigenvalue weighted by atomic mass is 16.6. The third kappa shape index (κ3) is 2.02. The maximum Gasteiger partial charge on any atom is 0.269 e. The number of hydrogen-bond donors (Lipinski definition) is 1. The Morgan fingerprint density at radius 1 is 1.00 bits per heavy atom. The molecule has 0 aromatic heterocycles. The Hall–Kier alpha value is -2.76. The Bertz CT molecular complexity index is 795. The normalized spacial score (nSPS) is 20.7. The summed E-state index contributed by atoms with van der Waals surface area (Å²) in [6.07, 6.45) is 2.14. The Morgan fingerprint density at radius 3 is 2.17 bits per heavy atom. The maximum atomic E-state index is 12.3. The van der Waals surface area contributed by atoms with Gasteiger partial charge in [-0.3, -0.25) is 19.7 Å². The van der Waals surface area contributed by atoms with E-state index in [2.05, 4.69) is 5.32 Å². The molecule has 6 heteroatoms.